The van der Waals surface area contributed by atoms with Crippen LogP contribution in [0.25, 0.3) is 0 Å². The van der Waals surface area contributed by atoms with E-state index in [1.54, 1.807) is 0 Å². The van der Waals surface area contributed by atoms with Crippen LogP contribution in [0.5, 0.6) is 0 Å². The molecule has 0 aromatic carbocycles. The smallest absolute Gasteiger partial charge is 0.00980 e. The monoisotopic (exact) mass is 211 g/mol. The molecule has 1 rings (SSSR count). The molecule has 0 aromatic rings. The third-order valence-corrected chi connectivity index (χ3v) is 4.17. The van der Waals surface area contributed by atoms with E-state index in [4.69, 9.17) is 0 Å². The van der Waals surface area contributed by atoms with Gasteiger partial charge in [0.05, 0.1) is 0 Å². The van der Waals surface area contributed by atoms with Crippen molar-refractivity contribution in [3.05, 3.63) is 0 Å². The normalized spacial score (nSPS) is 32.2. The first-order valence-corrected chi connectivity index (χ1v) is 6.55. The predicted octanol–water partition coefficient (Wildman–Crippen LogP) is 3.69. The van der Waals surface area contributed by atoms with Gasteiger partial charge in [0.25, 0.3) is 0 Å². The Kier molecular flexibility index (Phi) is 4.22. The minimum absolute atomic E-state index is 0.554. The standard InChI is InChI=1S/C14H29N/c1-10(2)12(4)9-15-13-8-14(5,6)7-11(13)3/h10-13,15H,7-9H2,1-6H3. The quantitative estimate of drug-likeness (QED) is 0.748. The molecule has 0 aromatic heterocycles. The fraction of sp³-hybridized carbons (Fsp3) is 1.00. The van der Waals surface area contributed by atoms with E-state index in [1.165, 1.54) is 19.4 Å². The number of nitrogens with one attached hydrogen (secondary N) is 1. The van der Waals surface area contributed by atoms with Crippen molar-refractivity contribution in [1.82, 2.24) is 5.32 Å². The van der Waals surface area contributed by atoms with Crippen molar-refractivity contribution in [3.63, 3.8) is 0 Å². The van der Waals surface area contributed by atoms with Gasteiger partial charge in [0.1, 0.15) is 0 Å². The molecular weight excluding hydrogens is 182 g/mol. The lowest BCUT2D eigenvalue weighted by molar-refractivity contribution is 0.334. The molecule has 1 N–H and O–H groups in total. The topological polar surface area (TPSA) is 12.0 Å². The van der Waals surface area contributed by atoms with Crippen molar-refractivity contribution >= 4 is 0 Å². The Hall–Kier alpha value is -0.0400. The molecule has 1 fully saturated rings. The summed E-state index contributed by atoms with van der Waals surface area (Å²) in [7, 11) is 0. The van der Waals surface area contributed by atoms with Crippen LogP contribution in [0.15, 0.2) is 0 Å². The fourth-order valence-electron chi connectivity index (χ4n) is 2.74. The van der Waals surface area contributed by atoms with Crippen LogP contribution in [-0.4, -0.2) is 12.6 Å². The lowest BCUT2D eigenvalue weighted by Crippen LogP contribution is -2.36. The van der Waals surface area contributed by atoms with Gasteiger partial charge in [-0.15, -0.1) is 0 Å². The summed E-state index contributed by atoms with van der Waals surface area (Å²) in [5.74, 6) is 2.43. The van der Waals surface area contributed by atoms with Crippen molar-refractivity contribution in [2.75, 3.05) is 6.54 Å². The van der Waals surface area contributed by atoms with E-state index in [0.717, 1.165) is 23.8 Å². The minimum atomic E-state index is 0.554. The molecule has 1 saturated carbocycles. The van der Waals surface area contributed by atoms with Crippen LogP contribution in [0.2, 0.25) is 0 Å². The second kappa shape index (κ2) is 4.86. The van der Waals surface area contributed by atoms with Crippen molar-refractivity contribution in [1.29, 1.82) is 0 Å². The highest BCUT2D eigenvalue weighted by atomic mass is 14.9. The van der Waals surface area contributed by atoms with E-state index in [2.05, 4.69) is 46.9 Å². The van der Waals surface area contributed by atoms with Crippen LogP contribution in [-0.2, 0) is 0 Å². The van der Waals surface area contributed by atoms with E-state index in [0.29, 0.717) is 5.41 Å². The first-order valence-electron chi connectivity index (χ1n) is 6.55. The summed E-state index contributed by atoms with van der Waals surface area (Å²) in [6.07, 6.45) is 2.72. The number of hydrogen-bond donors (Lipinski definition) is 1. The molecule has 0 bridgehead atoms. The Bertz CT molecular complexity index is 196. The van der Waals surface area contributed by atoms with Crippen LogP contribution in [0.3, 0.4) is 0 Å². The highest BCUT2D eigenvalue weighted by molar-refractivity contribution is 4.91. The molecule has 1 aliphatic rings. The maximum absolute atomic E-state index is 3.77. The van der Waals surface area contributed by atoms with E-state index >= 15 is 0 Å². The van der Waals surface area contributed by atoms with Gasteiger partial charge >= 0.3 is 0 Å². The van der Waals surface area contributed by atoms with E-state index in [9.17, 15) is 0 Å². The Morgan fingerprint density at radius 1 is 1.20 bits per heavy atom. The Morgan fingerprint density at radius 2 is 1.80 bits per heavy atom. The molecular formula is C14H29N. The van der Waals surface area contributed by atoms with Gasteiger partial charge in [0.15, 0.2) is 0 Å². The molecule has 0 amide bonds. The van der Waals surface area contributed by atoms with Crippen LogP contribution in [0.4, 0.5) is 0 Å². The zero-order valence-electron chi connectivity index (χ0n) is 11.4. The summed E-state index contributed by atoms with van der Waals surface area (Å²) in [5.41, 5.74) is 0.554. The van der Waals surface area contributed by atoms with Crippen LogP contribution < -0.4 is 5.32 Å². The van der Waals surface area contributed by atoms with E-state index < -0.39 is 0 Å². The molecule has 0 spiro atoms. The summed E-state index contributed by atoms with van der Waals surface area (Å²) in [4.78, 5) is 0. The molecule has 0 saturated heterocycles. The van der Waals surface area contributed by atoms with Crippen LogP contribution in [0.1, 0.15) is 54.4 Å². The van der Waals surface area contributed by atoms with Crippen molar-refractivity contribution in [3.8, 4) is 0 Å². The van der Waals surface area contributed by atoms with Gasteiger partial charge < -0.3 is 5.32 Å². The average Bonchev–Trinajstić information content (AvgIpc) is 2.35. The van der Waals surface area contributed by atoms with Gasteiger partial charge in [-0.3, -0.25) is 0 Å². The molecule has 0 aliphatic heterocycles. The first-order chi connectivity index (χ1) is 6.82. The van der Waals surface area contributed by atoms with E-state index in [-0.39, 0.29) is 0 Å². The third kappa shape index (κ3) is 3.79. The molecule has 3 atom stereocenters. The highest BCUT2D eigenvalue weighted by Crippen LogP contribution is 2.40. The maximum Gasteiger partial charge on any atom is 0.00980 e. The second-order valence-electron chi connectivity index (χ2n) is 6.79. The molecule has 1 nitrogen and oxygen atoms in total. The SMILES string of the molecule is CC(C)C(C)CNC1CC(C)(C)CC1C. The van der Waals surface area contributed by atoms with Crippen molar-refractivity contribution < 1.29 is 0 Å². The van der Waals surface area contributed by atoms with Gasteiger partial charge in [-0.05, 0) is 42.6 Å². The van der Waals surface area contributed by atoms with Crippen LogP contribution in [0, 0.1) is 23.2 Å². The predicted molar refractivity (Wildman–Crippen MR) is 68.0 cm³/mol. The average molecular weight is 211 g/mol. The minimum Gasteiger partial charge on any atom is -0.313 e. The summed E-state index contributed by atoms with van der Waals surface area (Å²) in [5, 5.41) is 3.77. The van der Waals surface area contributed by atoms with Crippen molar-refractivity contribution in [2.24, 2.45) is 23.2 Å². The van der Waals surface area contributed by atoms with Crippen molar-refractivity contribution in [2.45, 2.75) is 60.4 Å². The molecule has 3 unspecified atom stereocenters. The van der Waals surface area contributed by atoms with Gasteiger partial charge in [0.2, 0.25) is 0 Å². The second-order valence-corrected chi connectivity index (χ2v) is 6.79. The third-order valence-electron chi connectivity index (χ3n) is 4.17. The van der Waals surface area contributed by atoms with Gasteiger partial charge in [-0.1, -0.05) is 41.5 Å². The number of hydrogen-bond acceptors (Lipinski definition) is 1. The molecule has 90 valence electrons. The lowest BCUT2D eigenvalue weighted by Gasteiger charge is -2.23. The highest BCUT2D eigenvalue weighted by Gasteiger charge is 2.36. The fourth-order valence-corrected chi connectivity index (χ4v) is 2.74. The van der Waals surface area contributed by atoms with Crippen LogP contribution >= 0.6 is 0 Å². The molecule has 1 aliphatic carbocycles. The largest absolute Gasteiger partial charge is 0.313 e. The maximum atomic E-state index is 3.77. The molecule has 1 heteroatoms. The zero-order chi connectivity index (χ0) is 11.6. The first kappa shape index (κ1) is 13.0. The summed E-state index contributed by atoms with van der Waals surface area (Å²) in [6, 6.07) is 0.751. The van der Waals surface area contributed by atoms with E-state index in [1.807, 2.05) is 0 Å². The van der Waals surface area contributed by atoms with Gasteiger partial charge in [-0.25, -0.2) is 0 Å². The Morgan fingerprint density at radius 3 is 2.20 bits per heavy atom. The Labute approximate surface area is 96.0 Å². The molecule has 15 heavy (non-hydrogen) atoms. The zero-order valence-corrected chi connectivity index (χ0v) is 11.4. The summed E-state index contributed by atoms with van der Waals surface area (Å²) < 4.78 is 0. The molecule has 0 heterocycles. The van der Waals surface area contributed by atoms with Gasteiger partial charge in [0, 0.05) is 6.04 Å². The summed E-state index contributed by atoms with van der Waals surface area (Å²) in [6.45, 7) is 15.4. The Balaban J connectivity index is 2.34. The summed E-state index contributed by atoms with van der Waals surface area (Å²) >= 11 is 0. The molecule has 0 radical (unpaired) electrons. The van der Waals surface area contributed by atoms with Gasteiger partial charge in [-0.2, -0.15) is 0 Å². The lowest BCUT2D eigenvalue weighted by atomic mass is 9.91. The number of rotatable bonds is 4.